The lowest BCUT2D eigenvalue weighted by Gasteiger charge is -2.21. The summed E-state index contributed by atoms with van der Waals surface area (Å²) in [4.78, 5) is 0. The van der Waals surface area contributed by atoms with Crippen LogP contribution in [0, 0.1) is 0 Å². The monoisotopic (exact) mass is 263 g/mol. The molecule has 1 N–H and O–H groups in total. The third-order valence-corrected chi connectivity index (χ3v) is 4.24. The summed E-state index contributed by atoms with van der Waals surface area (Å²) in [6, 6.07) is 3.51. The van der Waals surface area contributed by atoms with Gasteiger partial charge in [0.15, 0.2) is 0 Å². The number of aromatic nitrogens is 2. The van der Waals surface area contributed by atoms with Crippen LogP contribution in [0.3, 0.4) is 0 Å². The van der Waals surface area contributed by atoms with Crippen molar-refractivity contribution in [3.05, 3.63) is 18.0 Å². The molecule has 0 spiro atoms. The van der Waals surface area contributed by atoms with E-state index >= 15 is 0 Å². The lowest BCUT2D eigenvalue weighted by Crippen LogP contribution is -2.25. The fraction of sp³-hybridized carbons (Fsp3) is 0.812. The van der Waals surface area contributed by atoms with E-state index in [0.29, 0.717) is 12.1 Å². The quantitative estimate of drug-likeness (QED) is 0.812. The highest BCUT2D eigenvalue weighted by Gasteiger charge is 2.15. The molecule has 1 saturated carbocycles. The first kappa shape index (κ1) is 14.6. The SMILES string of the molecule is CCNC(C)CCCc1ccn(C2CCCCC2)n1. The van der Waals surface area contributed by atoms with Gasteiger partial charge in [0.05, 0.1) is 11.7 Å². The standard InChI is InChI=1S/C16H29N3/c1-3-17-14(2)8-7-9-15-12-13-19(18-15)16-10-5-4-6-11-16/h12-14,16-17H,3-11H2,1-2H3. The van der Waals surface area contributed by atoms with Gasteiger partial charge in [-0.15, -0.1) is 0 Å². The van der Waals surface area contributed by atoms with E-state index in [1.807, 2.05) is 0 Å². The highest BCUT2D eigenvalue weighted by atomic mass is 15.3. The molecule has 2 rings (SSSR count). The fourth-order valence-corrected chi connectivity index (χ4v) is 3.10. The van der Waals surface area contributed by atoms with Crippen LogP contribution in [0.4, 0.5) is 0 Å². The maximum atomic E-state index is 4.77. The second-order valence-corrected chi connectivity index (χ2v) is 5.93. The molecule has 1 aromatic rings. The van der Waals surface area contributed by atoms with Crippen molar-refractivity contribution >= 4 is 0 Å². The second kappa shape index (κ2) is 7.68. The van der Waals surface area contributed by atoms with E-state index in [1.54, 1.807) is 0 Å². The van der Waals surface area contributed by atoms with Crippen molar-refractivity contribution in [2.75, 3.05) is 6.54 Å². The molecule has 0 aromatic carbocycles. The Morgan fingerprint density at radius 3 is 2.89 bits per heavy atom. The van der Waals surface area contributed by atoms with Crippen LogP contribution in [0.1, 0.15) is 70.5 Å². The summed E-state index contributed by atoms with van der Waals surface area (Å²) in [7, 11) is 0. The number of hydrogen-bond acceptors (Lipinski definition) is 2. The number of hydrogen-bond donors (Lipinski definition) is 1. The first-order valence-electron chi connectivity index (χ1n) is 8.07. The number of nitrogens with one attached hydrogen (secondary N) is 1. The van der Waals surface area contributed by atoms with Crippen LogP contribution < -0.4 is 5.32 Å². The Morgan fingerprint density at radius 1 is 1.37 bits per heavy atom. The summed E-state index contributed by atoms with van der Waals surface area (Å²) in [5.74, 6) is 0. The topological polar surface area (TPSA) is 29.9 Å². The summed E-state index contributed by atoms with van der Waals surface area (Å²) >= 11 is 0. The zero-order valence-corrected chi connectivity index (χ0v) is 12.6. The van der Waals surface area contributed by atoms with Crippen LogP contribution in [-0.2, 0) is 6.42 Å². The molecule has 0 radical (unpaired) electrons. The zero-order valence-electron chi connectivity index (χ0n) is 12.6. The van der Waals surface area contributed by atoms with Gasteiger partial charge in [0, 0.05) is 12.2 Å². The molecule has 108 valence electrons. The molecule has 0 saturated heterocycles. The maximum absolute atomic E-state index is 4.77. The first-order valence-corrected chi connectivity index (χ1v) is 8.07. The Kier molecular flexibility index (Phi) is 5.90. The van der Waals surface area contributed by atoms with E-state index in [4.69, 9.17) is 5.10 Å². The van der Waals surface area contributed by atoms with Crippen LogP contribution in [0.5, 0.6) is 0 Å². The smallest absolute Gasteiger partial charge is 0.0624 e. The van der Waals surface area contributed by atoms with Crippen LogP contribution in [0.25, 0.3) is 0 Å². The van der Waals surface area contributed by atoms with Gasteiger partial charge < -0.3 is 5.32 Å². The number of rotatable bonds is 7. The van der Waals surface area contributed by atoms with Gasteiger partial charge in [-0.3, -0.25) is 4.68 Å². The van der Waals surface area contributed by atoms with Crippen molar-refractivity contribution in [3.63, 3.8) is 0 Å². The van der Waals surface area contributed by atoms with Crippen molar-refractivity contribution in [2.45, 2.75) is 77.3 Å². The van der Waals surface area contributed by atoms with Crippen molar-refractivity contribution in [1.29, 1.82) is 0 Å². The lowest BCUT2D eigenvalue weighted by atomic mass is 9.96. The Morgan fingerprint density at radius 2 is 2.16 bits per heavy atom. The van der Waals surface area contributed by atoms with Crippen LogP contribution >= 0.6 is 0 Å². The van der Waals surface area contributed by atoms with E-state index in [9.17, 15) is 0 Å². The Labute approximate surface area is 117 Å². The largest absolute Gasteiger partial charge is 0.315 e. The third kappa shape index (κ3) is 4.64. The van der Waals surface area contributed by atoms with Crippen molar-refractivity contribution in [2.24, 2.45) is 0 Å². The molecule has 3 nitrogen and oxygen atoms in total. The molecular formula is C16H29N3. The van der Waals surface area contributed by atoms with Gasteiger partial charge >= 0.3 is 0 Å². The van der Waals surface area contributed by atoms with Gasteiger partial charge in [0.2, 0.25) is 0 Å². The van der Waals surface area contributed by atoms with Crippen molar-refractivity contribution < 1.29 is 0 Å². The molecule has 19 heavy (non-hydrogen) atoms. The molecular weight excluding hydrogens is 234 g/mol. The van der Waals surface area contributed by atoms with Crippen LogP contribution in [0.2, 0.25) is 0 Å². The Bertz CT molecular complexity index is 353. The highest BCUT2D eigenvalue weighted by Crippen LogP contribution is 2.27. The predicted molar refractivity (Wildman–Crippen MR) is 80.4 cm³/mol. The summed E-state index contributed by atoms with van der Waals surface area (Å²) in [5, 5.41) is 8.24. The minimum atomic E-state index is 0.630. The molecule has 0 bridgehead atoms. The lowest BCUT2D eigenvalue weighted by molar-refractivity contribution is 0.328. The molecule has 3 heteroatoms. The van der Waals surface area contributed by atoms with Gasteiger partial charge in [-0.25, -0.2) is 0 Å². The van der Waals surface area contributed by atoms with Gasteiger partial charge in [-0.05, 0) is 51.6 Å². The molecule has 1 fully saturated rings. The number of nitrogens with zero attached hydrogens (tertiary/aromatic N) is 2. The molecule has 1 aliphatic rings. The van der Waals surface area contributed by atoms with E-state index in [-0.39, 0.29) is 0 Å². The minimum Gasteiger partial charge on any atom is -0.315 e. The van der Waals surface area contributed by atoms with Gasteiger partial charge in [0.25, 0.3) is 0 Å². The molecule has 0 aliphatic heterocycles. The summed E-state index contributed by atoms with van der Waals surface area (Å²) < 4.78 is 2.22. The van der Waals surface area contributed by atoms with Gasteiger partial charge in [-0.1, -0.05) is 26.2 Å². The summed E-state index contributed by atoms with van der Waals surface area (Å²) in [6.07, 6.45) is 12.6. The molecule has 1 aliphatic carbocycles. The van der Waals surface area contributed by atoms with E-state index in [2.05, 4.69) is 36.1 Å². The van der Waals surface area contributed by atoms with E-state index in [1.165, 1.54) is 50.6 Å². The summed E-state index contributed by atoms with van der Waals surface area (Å²) in [5.41, 5.74) is 1.27. The highest BCUT2D eigenvalue weighted by molar-refractivity contribution is 5.00. The average Bonchev–Trinajstić information content (AvgIpc) is 2.89. The second-order valence-electron chi connectivity index (χ2n) is 5.93. The number of aryl methyl sites for hydroxylation is 1. The minimum absolute atomic E-state index is 0.630. The van der Waals surface area contributed by atoms with Crippen LogP contribution in [0.15, 0.2) is 12.3 Å². The van der Waals surface area contributed by atoms with Gasteiger partial charge in [-0.2, -0.15) is 5.10 Å². The van der Waals surface area contributed by atoms with Crippen molar-refractivity contribution in [3.8, 4) is 0 Å². The predicted octanol–water partition coefficient (Wildman–Crippen LogP) is 3.71. The first-order chi connectivity index (χ1) is 9.29. The fourth-order valence-electron chi connectivity index (χ4n) is 3.10. The molecule has 1 heterocycles. The Hall–Kier alpha value is -0.830. The van der Waals surface area contributed by atoms with E-state index in [0.717, 1.165) is 13.0 Å². The average molecular weight is 263 g/mol. The van der Waals surface area contributed by atoms with Crippen LogP contribution in [-0.4, -0.2) is 22.4 Å². The third-order valence-electron chi connectivity index (χ3n) is 4.24. The Balaban J connectivity index is 1.74. The molecule has 1 atom stereocenters. The normalized spacial score (nSPS) is 18.6. The molecule has 1 unspecified atom stereocenters. The molecule has 1 aromatic heterocycles. The van der Waals surface area contributed by atoms with E-state index < -0.39 is 0 Å². The van der Waals surface area contributed by atoms with Crippen molar-refractivity contribution in [1.82, 2.24) is 15.1 Å². The summed E-state index contributed by atoms with van der Waals surface area (Å²) in [6.45, 7) is 5.50. The zero-order chi connectivity index (χ0) is 13.5. The van der Waals surface area contributed by atoms with Gasteiger partial charge in [0.1, 0.15) is 0 Å². The maximum Gasteiger partial charge on any atom is 0.0624 e. The molecule has 0 amide bonds.